The van der Waals surface area contributed by atoms with Crippen molar-refractivity contribution in [3.05, 3.63) is 48.0 Å². The molecule has 4 heteroatoms. The minimum atomic E-state index is 0.0832. The number of amides is 1. The number of para-hydroxylation sites is 1. The van der Waals surface area contributed by atoms with Crippen molar-refractivity contribution in [1.29, 1.82) is 0 Å². The maximum atomic E-state index is 11.6. The van der Waals surface area contributed by atoms with Gasteiger partial charge in [-0.05, 0) is 30.0 Å². The van der Waals surface area contributed by atoms with E-state index in [4.69, 9.17) is 0 Å². The van der Waals surface area contributed by atoms with E-state index in [1.54, 1.807) is 6.92 Å². The number of fused-ring (bicyclic) bond motifs is 3. The van der Waals surface area contributed by atoms with E-state index in [1.807, 2.05) is 0 Å². The van der Waals surface area contributed by atoms with E-state index < -0.39 is 0 Å². The molecule has 4 rings (SSSR count). The van der Waals surface area contributed by atoms with E-state index in [0.717, 1.165) is 26.1 Å². The van der Waals surface area contributed by atoms with Crippen molar-refractivity contribution >= 4 is 27.7 Å². The number of aryl methyl sites for hydroxylation is 1. The number of carbonyl (C=O) groups excluding carboxylic acids is 1. The van der Waals surface area contributed by atoms with Crippen LogP contribution in [0.25, 0.3) is 21.8 Å². The van der Waals surface area contributed by atoms with Crippen LogP contribution in [0.3, 0.4) is 0 Å². The number of rotatable bonds is 5. The van der Waals surface area contributed by atoms with Crippen LogP contribution in [0.1, 0.15) is 32.3 Å². The van der Waals surface area contributed by atoms with Gasteiger partial charge in [-0.15, -0.1) is 0 Å². The topological polar surface area (TPSA) is 37.3 Å². The summed E-state index contributed by atoms with van der Waals surface area (Å²) >= 11 is 0. The molecule has 142 valence electrons. The lowest BCUT2D eigenvalue weighted by Gasteiger charge is -2.18. The Morgan fingerprint density at radius 2 is 1.89 bits per heavy atom. The van der Waals surface area contributed by atoms with Gasteiger partial charge in [0.2, 0.25) is 5.91 Å². The lowest BCUT2D eigenvalue weighted by molar-refractivity contribution is -0.119. The Morgan fingerprint density at radius 3 is 2.67 bits per heavy atom. The summed E-state index contributed by atoms with van der Waals surface area (Å²) in [6.07, 6.45) is 2.33. The standard InChI is InChI=1S/C23H29N3O/c1-4-7-18-14-26(15-21(18)24-16(2)27)13-17-10-11-20-19-8-5-6-9-22(19)25(3)23(20)12-17/h5-6,8-12,18,21H,4,7,13-15H2,1-3H3,(H,24,27)/t18-,21-/m1/s1. The number of nitrogens with one attached hydrogen (secondary N) is 1. The van der Waals surface area contributed by atoms with E-state index in [0.29, 0.717) is 5.92 Å². The summed E-state index contributed by atoms with van der Waals surface area (Å²) < 4.78 is 2.29. The second-order valence-corrected chi connectivity index (χ2v) is 7.98. The summed E-state index contributed by atoms with van der Waals surface area (Å²) in [6, 6.07) is 15.7. The molecule has 1 amide bonds. The average molecular weight is 364 g/mol. The molecule has 2 aromatic carbocycles. The Bertz CT molecular complexity index is 974. The quantitative estimate of drug-likeness (QED) is 0.742. The van der Waals surface area contributed by atoms with Gasteiger partial charge in [0.25, 0.3) is 0 Å². The molecule has 2 atom stereocenters. The van der Waals surface area contributed by atoms with Gasteiger partial charge in [-0.2, -0.15) is 0 Å². The fraction of sp³-hybridized carbons (Fsp3) is 0.435. The number of aromatic nitrogens is 1. The molecule has 1 fully saturated rings. The Morgan fingerprint density at radius 1 is 1.11 bits per heavy atom. The van der Waals surface area contributed by atoms with E-state index in [9.17, 15) is 4.79 Å². The zero-order valence-corrected chi connectivity index (χ0v) is 16.5. The van der Waals surface area contributed by atoms with Gasteiger partial charge in [-0.1, -0.05) is 43.7 Å². The molecule has 0 aliphatic carbocycles. The van der Waals surface area contributed by atoms with Gasteiger partial charge in [-0.25, -0.2) is 0 Å². The first-order valence-corrected chi connectivity index (χ1v) is 10.0. The number of nitrogens with zero attached hydrogens (tertiary/aromatic N) is 2. The van der Waals surface area contributed by atoms with E-state index in [-0.39, 0.29) is 11.9 Å². The molecule has 1 N–H and O–H groups in total. The summed E-state index contributed by atoms with van der Waals surface area (Å²) in [5.74, 6) is 0.639. The van der Waals surface area contributed by atoms with Crippen LogP contribution in [0.4, 0.5) is 0 Å². The van der Waals surface area contributed by atoms with Gasteiger partial charge in [0.15, 0.2) is 0 Å². The molecule has 0 unspecified atom stereocenters. The third kappa shape index (κ3) is 3.46. The van der Waals surface area contributed by atoms with Crippen LogP contribution in [0.2, 0.25) is 0 Å². The first-order valence-electron chi connectivity index (χ1n) is 10.0. The van der Waals surface area contributed by atoms with Crippen molar-refractivity contribution in [2.45, 2.75) is 39.3 Å². The van der Waals surface area contributed by atoms with Gasteiger partial charge in [0.1, 0.15) is 0 Å². The summed E-state index contributed by atoms with van der Waals surface area (Å²) in [7, 11) is 2.15. The lowest BCUT2D eigenvalue weighted by atomic mass is 9.98. The van der Waals surface area contributed by atoms with Crippen LogP contribution >= 0.6 is 0 Å². The summed E-state index contributed by atoms with van der Waals surface area (Å²) in [4.78, 5) is 14.0. The van der Waals surface area contributed by atoms with Crippen LogP contribution in [0.5, 0.6) is 0 Å². The van der Waals surface area contributed by atoms with Gasteiger partial charge >= 0.3 is 0 Å². The first-order chi connectivity index (χ1) is 13.1. The highest BCUT2D eigenvalue weighted by atomic mass is 16.1. The predicted molar refractivity (Wildman–Crippen MR) is 112 cm³/mol. The summed E-state index contributed by atoms with van der Waals surface area (Å²) in [6.45, 7) is 6.79. The normalized spacial score (nSPS) is 20.6. The largest absolute Gasteiger partial charge is 0.352 e. The highest BCUT2D eigenvalue weighted by molar-refractivity contribution is 6.08. The number of hydrogen-bond acceptors (Lipinski definition) is 2. The SMILES string of the molecule is CCC[C@@H]1CN(Cc2ccc3c4ccccc4n(C)c3c2)C[C@H]1NC(C)=O. The predicted octanol–water partition coefficient (Wildman–Crippen LogP) is 4.07. The van der Waals surface area contributed by atoms with Crippen LogP contribution in [-0.4, -0.2) is 34.5 Å². The molecular formula is C23H29N3O. The molecule has 0 radical (unpaired) electrons. The van der Waals surface area contributed by atoms with Crippen molar-refractivity contribution in [3.63, 3.8) is 0 Å². The number of hydrogen-bond donors (Lipinski definition) is 1. The molecule has 0 bridgehead atoms. The Hall–Kier alpha value is -2.33. The molecule has 2 heterocycles. The van der Waals surface area contributed by atoms with Crippen LogP contribution in [0, 0.1) is 5.92 Å². The van der Waals surface area contributed by atoms with Crippen molar-refractivity contribution in [1.82, 2.24) is 14.8 Å². The van der Waals surface area contributed by atoms with Gasteiger partial charge in [-0.3, -0.25) is 9.69 Å². The molecule has 1 saturated heterocycles. The van der Waals surface area contributed by atoms with E-state index >= 15 is 0 Å². The van der Waals surface area contributed by atoms with Crippen molar-refractivity contribution < 1.29 is 4.79 Å². The van der Waals surface area contributed by atoms with E-state index in [1.165, 1.54) is 33.8 Å². The molecule has 0 spiro atoms. The second-order valence-electron chi connectivity index (χ2n) is 7.98. The van der Waals surface area contributed by atoms with Gasteiger partial charge in [0, 0.05) is 61.5 Å². The Balaban J connectivity index is 1.57. The third-order valence-corrected chi connectivity index (χ3v) is 5.95. The van der Waals surface area contributed by atoms with E-state index in [2.05, 4.69) is 71.2 Å². The summed E-state index contributed by atoms with van der Waals surface area (Å²) in [5.41, 5.74) is 3.91. The number of carbonyl (C=O) groups is 1. The van der Waals surface area contributed by atoms with Crippen LogP contribution < -0.4 is 5.32 Å². The highest BCUT2D eigenvalue weighted by Crippen LogP contribution is 2.30. The molecule has 1 aliphatic rings. The highest BCUT2D eigenvalue weighted by Gasteiger charge is 2.32. The lowest BCUT2D eigenvalue weighted by Crippen LogP contribution is -2.39. The molecule has 1 aromatic heterocycles. The zero-order chi connectivity index (χ0) is 19.0. The number of likely N-dealkylation sites (tertiary alicyclic amines) is 1. The van der Waals surface area contributed by atoms with Crippen molar-refractivity contribution in [2.75, 3.05) is 13.1 Å². The van der Waals surface area contributed by atoms with Crippen molar-refractivity contribution in [3.8, 4) is 0 Å². The van der Waals surface area contributed by atoms with Crippen LogP contribution in [0.15, 0.2) is 42.5 Å². The second kappa shape index (κ2) is 7.35. The molecule has 27 heavy (non-hydrogen) atoms. The maximum absolute atomic E-state index is 11.6. The Kier molecular flexibility index (Phi) is 4.92. The monoisotopic (exact) mass is 363 g/mol. The molecular weight excluding hydrogens is 334 g/mol. The molecule has 4 nitrogen and oxygen atoms in total. The van der Waals surface area contributed by atoms with Crippen molar-refractivity contribution in [2.24, 2.45) is 13.0 Å². The number of benzene rings is 2. The fourth-order valence-corrected chi connectivity index (χ4v) is 4.74. The molecule has 0 saturated carbocycles. The smallest absolute Gasteiger partial charge is 0.217 e. The zero-order valence-electron chi connectivity index (χ0n) is 16.5. The minimum absolute atomic E-state index is 0.0832. The summed E-state index contributed by atoms with van der Waals surface area (Å²) in [5, 5.41) is 5.80. The van der Waals surface area contributed by atoms with Gasteiger partial charge in [0.05, 0.1) is 0 Å². The minimum Gasteiger partial charge on any atom is -0.352 e. The molecule has 1 aliphatic heterocycles. The first kappa shape index (κ1) is 18.1. The Labute approximate surface area is 161 Å². The van der Waals surface area contributed by atoms with Crippen LogP contribution in [-0.2, 0) is 18.4 Å². The molecule has 3 aromatic rings. The third-order valence-electron chi connectivity index (χ3n) is 5.95. The maximum Gasteiger partial charge on any atom is 0.217 e. The van der Waals surface area contributed by atoms with Gasteiger partial charge < -0.3 is 9.88 Å². The fourth-order valence-electron chi connectivity index (χ4n) is 4.74. The average Bonchev–Trinajstić information content (AvgIpc) is 3.14.